The van der Waals surface area contributed by atoms with Crippen molar-refractivity contribution in [3.8, 4) is 0 Å². The van der Waals surface area contributed by atoms with Crippen molar-refractivity contribution in [3.05, 3.63) is 0 Å². The van der Waals surface area contributed by atoms with E-state index in [2.05, 4.69) is 13.8 Å². The fourth-order valence-corrected chi connectivity index (χ4v) is 4.95. The maximum Gasteiger partial charge on any atom is 0.186 e. The van der Waals surface area contributed by atoms with Crippen LogP contribution < -0.4 is 0 Å². The van der Waals surface area contributed by atoms with Crippen LogP contribution in [0.5, 0.6) is 0 Å². The number of hydrogen-bond acceptors (Lipinski definition) is 10. The summed E-state index contributed by atoms with van der Waals surface area (Å²) in [5.74, 6) is 0. The number of aliphatic hydroxyl groups is 6. The first-order valence-corrected chi connectivity index (χ1v) is 13.9. The van der Waals surface area contributed by atoms with Gasteiger partial charge in [-0.15, -0.1) is 0 Å². The van der Waals surface area contributed by atoms with Crippen LogP contribution in [0.4, 0.5) is 0 Å². The molecule has 2 aliphatic heterocycles. The van der Waals surface area contributed by atoms with Crippen LogP contribution in [0.2, 0.25) is 0 Å². The Bertz CT molecular complexity index is 567. The fourth-order valence-electron chi connectivity index (χ4n) is 4.95. The summed E-state index contributed by atoms with van der Waals surface area (Å²) < 4.78 is 23.3. The maximum absolute atomic E-state index is 10.8. The van der Waals surface area contributed by atoms with Gasteiger partial charge in [-0.25, -0.2) is 0 Å². The summed E-state index contributed by atoms with van der Waals surface area (Å²) in [5, 5.41) is 61.3. The summed E-state index contributed by atoms with van der Waals surface area (Å²) in [4.78, 5) is 0. The van der Waals surface area contributed by atoms with E-state index in [1.54, 1.807) is 0 Å². The molecule has 0 aliphatic carbocycles. The topological polar surface area (TPSA) is 158 Å². The molecule has 0 spiro atoms. The number of ether oxygens (including phenoxy) is 4. The number of unbranched alkanes of at least 4 members (excludes halogenated alkanes) is 6. The Hall–Kier alpha value is -0.400. The van der Waals surface area contributed by atoms with Crippen molar-refractivity contribution >= 4 is 0 Å². The predicted molar refractivity (Wildman–Crippen MR) is 132 cm³/mol. The van der Waals surface area contributed by atoms with Crippen molar-refractivity contribution in [2.45, 2.75) is 152 Å². The molecule has 2 heterocycles. The van der Waals surface area contributed by atoms with Gasteiger partial charge in [0.1, 0.15) is 24.4 Å². The van der Waals surface area contributed by atoms with E-state index in [-0.39, 0.29) is 25.6 Å². The first kappa shape index (κ1) is 31.8. The summed E-state index contributed by atoms with van der Waals surface area (Å²) in [7, 11) is 0. The Kier molecular flexibility index (Phi) is 15.2. The Morgan fingerprint density at radius 3 is 2.06 bits per heavy atom. The summed E-state index contributed by atoms with van der Waals surface area (Å²) in [6.45, 7) is 3.37. The highest BCUT2D eigenvalue weighted by atomic mass is 16.7. The third-order valence-corrected chi connectivity index (χ3v) is 7.10. The smallest absolute Gasteiger partial charge is 0.186 e. The van der Waals surface area contributed by atoms with Gasteiger partial charge in [0, 0.05) is 12.8 Å². The molecule has 2 fully saturated rings. The van der Waals surface area contributed by atoms with E-state index in [1.165, 1.54) is 32.1 Å². The number of aliphatic hydroxyl groups excluding tert-OH is 6. The second-order valence-electron chi connectivity index (χ2n) is 10.3. The molecular weight excluding hydrogens is 472 g/mol. The highest BCUT2D eigenvalue weighted by Gasteiger charge is 2.45. The third kappa shape index (κ3) is 10.1. The van der Waals surface area contributed by atoms with Crippen LogP contribution in [0.15, 0.2) is 0 Å². The Morgan fingerprint density at radius 1 is 0.722 bits per heavy atom. The van der Waals surface area contributed by atoms with Crippen molar-refractivity contribution in [2.24, 2.45) is 0 Å². The van der Waals surface area contributed by atoms with Gasteiger partial charge in [0.2, 0.25) is 0 Å². The zero-order valence-corrected chi connectivity index (χ0v) is 22.0. The van der Waals surface area contributed by atoms with Crippen molar-refractivity contribution in [3.63, 3.8) is 0 Å². The SMILES string of the molecule is CCCCCCCCCC(CCC)OC1OC(CO)C(OC2OC(CO)CC(O)C2O)C(O)CC1O. The average molecular weight is 523 g/mol. The van der Waals surface area contributed by atoms with Crippen LogP contribution in [0.1, 0.15) is 90.9 Å². The highest BCUT2D eigenvalue weighted by molar-refractivity contribution is 4.89. The lowest BCUT2D eigenvalue weighted by atomic mass is 10.0. The van der Waals surface area contributed by atoms with Crippen LogP contribution in [0.25, 0.3) is 0 Å². The molecule has 2 saturated heterocycles. The standard InChI is InChI=1S/C26H50O10/c1-3-5-6-7-8-9-10-12-17(11-4-2)33-25-21(31)14-20(30)24(22(16-28)35-25)36-26-23(32)19(29)13-18(15-27)34-26/h17-32H,3-16H2,1-2H3. The second kappa shape index (κ2) is 17.2. The van der Waals surface area contributed by atoms with Crippen molar-refractivity contribution in [1.29, 1.82) is 0 Å². The molecule has 0 saturated carbocycles. The quantitative estimate of drug-likeness (QED) is 0.163. The largest absolute Gasteiger partial charge is 0.394 e. The van der Waals surface area contributed by atoms with Gasteiger partial charge in [0.15, 0.2) is 12.6 Å². The maximum atomic E-state index is 10.8. The monoisotopic (exact) mass is 522 g/mol. The van der Waals surface area contributed by atoms with Crippen LogP contribution in [0, 0.1) is 0 Å². The van der Waals surface area contributed by atoms with E-state index in [9.17, 15) is 30.6 Å². The summed E-state index contributed by atoms with van der Waals surface area (Å²) in [6.07, 6.45) is 0.332. The lowest BCUT2D eigenvalue weighted by Crippen LogP contribution is -2.54. The lowest BCUT2D eigenvalue weighted by Gasteiger charge is -2.39. The first-order chi connectivity index (χ1) is 17.3. The van der Waals surface area contributed by atoms with Gasteiger partial charge >= 0.3 is 0 Å². The van der Waals surface area contributed by atoms with E-state index in [4.69, 9.17) is 18.9 Å². The van der Waals surface area contributed by atoms with Crippen LogP contribution in [-0.2, 0) is 18.9 Å². The molecule has 36 heavy (non-hydrogen) atoms. The number of rotatable bonds is 16. The molecule has 10 heteroatoms. The van der Waals surface area contributed by atoms with Crippen molar-refractivity contribution < 1.29 is 49.6 Å². The summed E-state index contributed by atoms with van der Waals surface area (Å²) in [6, 6.07) is 0. The van der Waals surface area contributed by atoms with Gasteiger partial charge in [-0.05, 0) is 12.8 Å². The highest BCUT2D eigenvalue weighted by Crippen LogP contribution is 2.29. The zero-order valence-electron chi connectivity index (χ0n) is 22.0. The van der Waals surface area contributed by atoms with Gasteiger partial charge in [0.25, 0.3) is 0 Å². The minimum absolute atomic E-state index is 0.0386. The predicted octanol–water partition coefficient (Wildman–Crippen LogP) is 1.36. The number of hydrogen-bond donors (Lipinski definition) is 6. The van der Waals surface area contributed by atoms with Gasteiger partial charge in [-0.3, -0.25) is 0 Å². The molecule has 0 amide bonds. The van der Waals surface area contributed by atoms with Gasteiger partial charge in [0.05, 0.1) is 37.6 Å². The minimum Gasteiger partial charge on any atom is -0.394 e. The molecule has 0 bridgehead atoms. The molecule has 2 rings (SSSR count). The van der Waals surface area contributed by atoms with E-state index in [1.807, 2.05) is 0 Å². The fraction of sp³-hybridized carbons (Fsp3) is 1.00. The third-order valence-electron chi connectivity index (χ3n) is 7.10. The minimum atomic E-state index is -1.41. The van der Waals surface area contributed by atoms with Crippen molar-refractivity contribution in [2.75, 3.05) is 13.2 Å². The second-order valence-corrected chi connectivity index (χ2v) is 10.3. The normalized spacial score (nSPS) is 36.5. The molecule has 214 valence electrons. The van der Waals surface area contributed by atoms with E-state index >= 15 is 0 Å². The van der Waals surface area contributed by atoms with E-state index in [0.29, 0.717) is 0 Å². The summed E-state index contributed by atoms with van der Waals surface area (Å²) in [5.41, 5.74) is 0. The van der Waals surface area contributed by atoms with Gasteiger partial charge in [-0.1, -0.05) is 65.2 Å². The molecular formula is C26H50O10. The first-order valence-electron chi connectivity index (χ1n) is 13.9. The lowest BCUT2D eigenvalue weighted by molar-refractivity contribution is -0.310. The molecule has 10 unspecified atom stereocenters. The van der Waals surface area contributed by atoms with Crippen molar-refractivity contribution in [1.82, 2.24) is 0 Å². The molecule has 0 aromatic heterocycles. The molecule has 10 atom stereocenters. The van der Waals surface area contributed by atoms with Gasteiger partial charge < -0.3 is 49.6 Å². The molecule has 0 aromatic rings. The van der Waals surface area contributed by atoms with Crippen LogP contribution >= 0.6 is 0 Å². The van der Waals surface area contributed by atoms with E-state index in [0.717, 1.165) is 32.1 Å². The zero-order chi connectivity index (χ0) is 26.5. The van der Waals surface area contributed by atoms with Crippen LogP contribution in [0.3, 0.4) is 0 Å². The Balaban J connectivity index is 1.97. The molecule has 0 radical (unpaired) electrons. The molecule has 6 N–H and O–H groups in total. The van der Waals surface area contributed by atoms with Gasteiger partial charge in [-0.2, -0.15) is 0 Å². The molecule has 0 aromatic carbocycles. The Labute approximate surface area is 215 Å². The summed E-state index contributed by atoms with van der Waals surface area (Å²) >= 11 is 0. The van der Waals surface area contributed by atoms with E-state index < -0.39 is 61.9 Å². The molecule has 2 aliphatic rings. The molecule has 10 nitrogen and oxygen atoms in total. The average Bonchev–Trinajstić information content (AvgIpc) is 2.96. The Morgan fingerprint density at radius 2 is 1.42 bits per heavy atom. The van der Waals surface area contributed by atoms with Crippen LogP contribution in [-0.4, -0.2) is 105 Å².